The van der Waals surface area contributed by atoms with Crippen LogP contribution in [0.3, 0.4) is 0 Å². The van der Waals surface area contributed by atoms with Gasteiger partial charge in [-0.3, -0.25) is 9.59 Å². The second-order valence-corrected chi connectivity index (χ2v) is 9.66. The summed E-state index contributed by atoms with van der Waals surface area (Å²) in [6.07, 6.45) is 3.75. The average molecular weight is 500 g/mol. The molecule has 10 heteroatoms. The fourth-order valence-corrected chi connectivity index (χ4v) is 5.80. The van der Waals surface area contributed by atoms with Crippen LogP contribution in [0.1, 0.15) is 44.1 Å². The summed E-state index contributed by atoms with van der Waals surface area (Å²) < 4.78 is 10.2. The van der Waals surface area contributed by atoms with Crippen LogP contribution in [-0.2, 0) is 27.1 Å². The maximum Gasteiger partial charge on any atom is 0.358 e. The number of fused-ring (bicyclic) bond motifs is 1. The molecule has 0 saturated carbocycles. The molecule has 0 radical (unpaired) electrons. The second kappa shape index (κ2) is 11.4. The number of carbonyl (C=O) groups is 3. The molecule has 0 unspecified atom stereocenters. The number of methoxy groups -OCH3 is 1. The summed E-state index contributed by atoms with van der Waals surface area (Å²) in [5, 5.41) is 8.40. The van der Waals surface area contributed by atoms with Gasteiger partial charge in [-0.25, -0.2) is 9.78 Å². The Balaban J connectivity index is 1.39. The number of anilines is 1. The van der Waals surface area contributed by atoms with Crippen LogP contribution in [0.4, 0.5) is 5.00 Å². The highest BCUT2D eigenvalue weighted by Crippen LogP contribution is 2.38. The number of thiophene rings is 1. The van der Waals surface area contributed by atoms with E-state index in [1.807, 2.05) is 30.3 Å². The van der Waals surface area contributed by atoms with Crippen molar-refractivity contribution in [2.24, 2.45) is 0 Å². The van der Waals surface area contributed by atoms with E-state index in [0.29, 0.717) is 28.7 Å². The van der Waals surface area contributed by atoms with Crippen LogP contribution in [0.2, 0.25) is 0 Å². The number of benzene rings is 1. The number of thiazole rings is 1. The molecule has 0 aliphatic heterocycles. The molecule has 34 heavy (non-hydrogen) atoms. The van der Waals surface area contributed by atoms with Crippen LogP contribution >= 0.6 is 22.7 Å². The number of rotatable bonds is 9. The molecule has 8 nitrogen and oxygen atoms in total. The van der Waals surface area contributed by atoms with Crippen LogP contribution in [0, 0.1) is 0 Å². The lowest BCUT2D eigenvalue weighted by molar-refractivity contribution is -0.119. The first-order valence-electron chi connectivity index (χ1n) is 11.0. The lowest BCUT2D eigenvalue weighted by atomic mass is 9.95. The topological polar surface area (TPSA) is 107 Å². The van der Waals surface area contributed by atoms with Crippen molar-refractivity contribution in [1.82, 2.24) is 10.3 Å². The molecular formula is C24H25N3O5S2. The molecule has 4 rings (SSSR count). The number of hydrogen-bond acceptors (Lipinski definition) is 8. The molecule has 0 atom stereocenters. The summed E-state index contributed by atoms with van der Waals surface area (Å²) in [4.78, 5) is 43.2. The molecule has 1 aromatic carbocycles. The van der Waals surface area contributed by atoms with Crippen LogP contribution in [0.25, 0.3) is 10.6 Å². The third-order valence-corrected chi connectivity index (χ3v) is 7.41. The van der Waals surface area contributed by atoms with Crippen LogP contribution in [0.15, 0.2) is 35.7 Å². The standard InChI is InChI=1S/C24H25N3O5S2/c1-31-12-11-25-21(29)20-16-9-5-6-10-18(16)34-23(20)27-19(28)13-32-24(30)17-14-33-22(26-17)15-7-3-2-4-8-15/h2-4,7-8,14H,5-6,9-13H2,1H3,(H,25,29)(H,27,28). The van der Waals surface area contributed by atoms with Crippen LogP contribution in [-0.4, -0.2) is 49.6 Å². The molecule has 0 spiro atoms. The molecule has 0 fully saturated rings. The fourth-order valence-electron chi connectivity index (χ4n) is 3.70. The number of hydrogen-bond donors (Lipinski definition) is 2. The lowest BCUT2D eigenvalue weighted by Crippen LogP contribution is -2.29. The van der Waals surface area contributed by atoms with E-state index in [2.05, 4.69) is 15.6 Å². The van der Waals surface area contributed by atoms with Crippen LogP contribution in [0.5, 0.6) is 0 Å². The highest BCUT2D eigenvalue weighted by atomic mass is 32.1. The van der Waals surface area contributed by atoms with Crippen molar-refractivity contribution in [3.63, 3.8) is 0 Å². The Hall–Kier alpha value is -3.08. The first-order chi connectivity index (χ1) is 16.6. The summed E-state index contributed by atoms with van der Waals surface area (Å²) in [5.41, 5.74) is 2.56. The normalized spacial score (nSPS) is 12.6. The second-order valence-electron chi connectivity index (χ2n) is 7.69. The van der Waals surface area contributed by atoms with E-state index in [4.69, 9.17) is 9.47 Å². The van der Waals surface area contributed by atoms with Crippen molar-refractivity contribution in [1.29, 1.82) is 0 Å². The predicted molar refractivity (Wildman–Crippen MR) is 132 cm³/mol. The zero-order chi connectivity index (χ0) is 23.9. The van der Waals surface area contributed by atoms with Gasteiger partial charge in [0.1, 0.15) is 10.0 Å². The molecule has 2 amide bonds. The molecule has 0 bridgehead atoms. The molecule has 1 aliphatic rings. The number of nitrogens with zero attached hydrogens (tertiary/aromatic N) is 1. The van der Waals surface area contributed by atoms with Crippen molar-refractivity contribution in [3.05, 3.63) is 57.4 Å². The largest absolute Gasteiger partial charge is 0.451 e. The minimum Gasteiger partial charge on any atom is -0.451 e. The van der Waals surface area contributed by atoms with Crippen molar-refractivity contribution in [3.8, 4) is 10.6 Å². The first-order valence-corrected chi connectivity index (χ1v) is 12.7. The summed E-state index contributed by atoms with van der Waals surface area (Å²) in [5.74, 6) is -1.41. The Morgan fingerprint density at radius 2 is 1.91 bits per heavy atom. The first kappa shape index (κ1) is 24.1. The lowest BCUT2D eigenvalue weighted by Gasteiger charge is -2.13. The van der Waals surface area contributed by atoms with E-state index >= 15 is 0 Å². The van der Waals surface area contributed by atoms with E-state index in [9.17, 15) is 14.4 Å². The van der Waals surface area contributed by atoms with Gasteiger partial charge >= 0.3 is 5.97 Å². The van der Waals surface area contributed by atoms with Gasteiger partial charge in [0.05, 0.1) is 12.2 Å². The minimum atomic E-state index is -0.670. The molecule has 178 valence electrons. The highest BCUT2D eigenvalue weighted by molar-refractivity contribution is 7.17. The molecule has 1 aliphatic carbocycles. The SMILES string of the molecule is COCCNC(=O)c1c(NC(=O)COC(=O)c2csc(-c3ccccc3)n2)sc2c1CCCC2. The van der Waals surface area contributed by atoms with Gasteiger partial charge in [0.15, 0.2) is 12.3 Å². The van der Waals surface area contributed by atoms with E-state index < -0.39 is 18.5 Å². The maximum atomic E-state index is 12.8. The van der Waals surface area contributed by atoms with Gasteiger partial charge in [-0.05, 0) is 31.2 Å². The summed E-state index contributed by atoms with van der Waals surface area (Å²) >= 11 is 2.75. The van der Waals surface area contributed by atoms with Gasteiger partial charge in [-0.1, -0.05) is 30.3 Å². The molecule has 2 aromatic heterocycles. The van der Waals surface area contributed by atoms with Gasteiger partial charge < -0.3 is 20.1 Å². The van der Waals surface area contributed by atoms with E-state index in [1.54, 1.807) is 12.5 Å². The average Bonchev–Trinajstić information content (AvgIpc) is 3.48. The quantitative estimate of drug-likeness (QED) is 0.341. The molecule has 0 saturated heterocycles. The van der Waals surface area contributed by atoms with E-state index in [-0.39, 0.29) is 11.6 Å². The molecule has 3 aromatic rings. The Kier molecular flexibility index (Phi) is 8.04. The van der Waals surface area contributed by atoms with Gasteiger partial charge in [-0.15, -0.1) is 22.7 Å². The number of aryl methyl sites for hydroxylation is 1. The number of carbonyl (C=O) groups excluding carboxylic acids is 3. The number of esters is 1. The molecule has 2 N–H and O–H groups in total. The summed E-state index contributed by atoms with van der Waals surface area (Å²) in [7, 11) is 1.57. The third-order valence-electron chi connectivity index (χ3n) is 5.31. The number of nitrogens with one attached hydrogen (secondary N) is 2. The van der Waals surface area contributed by atoms with Crippen molar-refractivity contribution in [2.75, 3.05) is 32.2 Å². The molecular weight excluding hydrogens is 474 g/mol. The van der Waals surface area contributed by atoms with Crippen molar-refractivity contribution < 1.29 is 23.9 Å². The zero-order valence-corrected chi connectivity index (χ0v) is 20.4. The zero-order valence-electron chi connectivity index (χ0n) is 18.7. The van der Waals surface area contributed by atoms with Gasteiger partial charge in [0.2, 0.25) is 0 Å². The number of aromatic nitrogens is 1. The Morgan fingerprint density at radius 1 is 1.12 bits per heavy atom. The van der Waals surface area contributed by atoms with Crippen LogP contribution < -0.4 is 10.6 Å². The Bertz CT molecular complexity index is 1170. The number of amides is 2. The van der Waals surface area contributed by atoms with Gasteiger partial charge in [0.25, 0.3) is 11.8 Å². The van der Waals surface area contributed by atoms with Gasteiger partial charge in [0, 0.05) is 29.5 Å². The smallest absolute Gasteiger partial charge is 0.358 e. The Morgan fingerprint density at radius 3 is 2.71 bits per heavy atom. The molecule has 2 heterocycles. The van der Waals surface area contributed by atoms with Crippen molar-refractivity contribution in [2.45, 2.75) is 25.7 Å². The summed E-state index contributed by atoms with van der Waals surface area (Å²) in [6.45, 7) is 0.312. The van der Waals surface area contributed by atoms with Crippen molar-refractivity contribution >= 4 is 45.5 Å². The fraction of sp³-hybridized carbons (Fsp3) is 0.333. The predicted octanol–water partition coefficient (Wildman–Crippen LogP) is 3.92. The monoisotopic (exact) mass is 499 g/mol. The van der Waals surface area contributed by atoms with Gasteiger partial charge in [-0.2, -0.15) is 0 Å². The summed E-state index contributed by atoms with van der Waals surface area (Å²) in [6, 6.07) is 9.51. The third kappa shape index (κ3) is 5.69. The van der Waals surface area contributed by atoms with E-state index in [0.717, 1.165) is 41.7 Å². The maximum absolute atomic E-state index is 12.8. The Labute approximate surface area is 205 Å². The minimum absolute atomic E-state index is 0.154. The number of ether oxygens (including phenoxy) is 2. The van der Waals surface area contributed by atoms with E-state index in [1.165, 1.54) is 22.7 Å². The highest BCUT2D eigenvalue weighted by Gasteiger charge is 2.26.